The van der Waals surface area contributed by atoms with Crippen molar-refractivity contribution >= 4 is 21.6 Å². The van der Waals surface area contributed by atoms with E-state index in [-0.39, 0.29) is 17.0 Å². The van der Waals surface area contributed by atoms with Gasteiger partial charge in [0.25, 0.3) is 0 Å². The Morgan fingerprint density at radius 3 is 2.68 bits per heavy atom. The predicted octanol–water partition coefficient (Wildman–Crippen LogP) is 4.02. The maximum atomic E-state index is 11.0. The second-order valence-corrected chi connectivity index (χ2v) is 4.53. The number of nitriles is 1. The Morgan fingerprint density at radius 1 is 1.26 bits per heavy atom. The number of nitro benzene ring substituents is 1. The van der Waals surface area contributed by atoms with Gasteiger partial charge in [0.05, 0.1) is 16.6 Å². The van der Waals surface area contributed by atoms with Crippen molar-refractivity contribution in [3.8, 4) is 17.6 Å². The van der Waals surface area contributed by atoms with Crippen LogP contribution in [-0.2, 0) is 0 Å². The van der Waals surface area contributed by atoms with E-state index in [1.165, 1.54) is 18.2 Å². The lowest BCUT2D eigenvalue weighted by atomic mass is 10.2. The third-order valence-electron chi connectivity index (χ3n) is 2.31. The number of nitrogens with zero attached hydrogens (tertiary/aromatic N) is 2. The van der Waals surface area contributed by atoms with Crippen molar-refractivity contribution in [2.24, 2.45) is 0 Å². The van der Waals surface area contributed by atoms with Crippen LogP contribution >= 0.6 is 15.9 Å². The summed E-state index contributed by atoms with van der Waals surface area (Å²) in [5, 5.41) is 19.7. The lowest BCUT2D eigenvalue weighted by Gasteiger charge is -2.06. The molecule has 2 rings (SSSR count). The molecule has 0 N–H and O–H groups in total. The van der Waals surface area contributed by atoms with Crippen molar-refractivity contribution in [1.29, 1.82) is 5.26 Å². The van der Waals surface area contributed by atoms with Crippen LogP contribution in [0.5, 0.6) is 11.5 Å². The number of rotatable bonds is 3. The van der Waals surface area contributed by atoms with E-state index in [1.54, 1.807) is 18.2 Å². The molecule has 0 saturated heterocycles. The highest BCUT2D eigenvalue weighted by Gasteiger charge is 2.16. The molecule has 2 aromatic carbocycles. The number of benzene rings is 2. The van der Waals surface area contributed by atoms with Gasteiger partial charge in [0.1, 0.15) is 5.75 Å². The smallest absolute Gasteiger partial charge is 0.312 e. The molecule has 0 aliphatic carbocycles. The van der Waals surface area contributed by atoms with E-state index >= 15 is 0 Å². The molecule has 0 saturated carbocycles. The first-order valence-corrected chi connectivity index (χ1v) is 6.01. The Hall–Kier alpha value is -2.39. The molecular formula is C13H7BrN2O3. The monoisotopic (exact) mass is 318 g/mol. The Morgan fingerprint density at radius 2 is 2.05 bits per heavy atom. The van der Waals surface area contributed by atoms with Crippen LogP contribution in [0.3, 0.4) is 0 Å². The van der Waals surface area contributed by atoms with Crippen molar-refractivity contribution in [2.45, 2.75) is 0 Å². The maximum Gasteiger partial charge on any atom is 0.312 e. The predicted molar refractivity (Wildman–Crippen MR) is 72.0 cm³/mol. The number of halogens is 1. The summed E-state index contributed by atoms with van der Waals surface area (Å²) in [6, 6.07) is 12.9. The minimum Gasteiger partial charge on any atom is -0.450 e. The third-order valence-corrected chi connectivity index (χ3v) is 2.80. The SMILES string of the molecule is N#Cc1ccc(Oc2cccc(Br)c2)c([N+](=O)[O-])c1. The summed E-state index contributed by atoms with van der Waals surface area (Å²) >= 11 is 3.29. The average Bonchev–Trinajstić information content (AvgIpc) is 2.39. The van der Waals surface area contributed by atoms with E-state index in [4.69, 9.17) is 10.00 Å². The van der Waals surface area contributed by atoms with Gasteiger partial charge in [-0.05, 0) is 30.3 Å². The Bertz CT molecular complexity index is 680. The lowest BCUT2D eigenvalue weighted by molar-refractivity contribution is -0.385. The molecule has 0 radical (unpaired) electrons. The topological polar surface area (TPSA) is 76.2 Å². The molecule has 94 valence electrons. The summed E-state index contributed by atoms with van der Waals surface area (Å²) in [6.45, 7) is 0. The second-order valence-electron chi connectivity index (χ2n) is 3.61. The molecule has 5 nitrogen and oxygen atoms in total. The van der Waals surface area contributed by atoms with Gasteiger partial charge in [-0.1, -0.05) is 22.0 Å². The molecule has 2 aromatic rings. The largest absolute Gasteiger partial charge is 0.450 e. The van der Waals surface area contributed by atoms with Crippen LogP contribution in [0.25, 0.3) is 0 Å². The molecule has 6 heteroatoms. The van der Waals surface area contributed by atoms with Crippen molar-refractivity contribution < 1.29 is 9.66 Å². The standard InChI is InChI=1S/C13H7BrN2O3/c14-10-2-1-3-11(7-10)19-13-5-4-9(8-15)6-12(13)16(17)18/h1-7H. The summed E-state index contributed by atoms with van der Waals surface area (Å²) in [4.78, 5) is 10.4. The van der Waals surface area contributed by atoms with Crippen molar-refractivity contribution in [1.82, 2.24) is 0 Å². The van der Waals surface area contributed by atoms with Gasteiger partial charge in [0.2, 0.25) is 5.75 Å². The molecule has 0 heterocycles. The highest BCUT2D eigenvalue weighted by atomic mass is 79.9. The highest BCUT2D eigenvalue weighted by molar-refractivity contribution is 9.10. The fraction of sp³-hybridized carbons (Fsp3) is 0. The van der Waals surface area contributed by atoms with Gasteiger partial charge in [0.15, 0.2) is 0 Å². The van der Waals surface area contributed by atoms with Crippen LogP contribution in [0.15, 0.2) is 46.9 Å². The molecule has 19 heavy (non-hydrogen) atoms. The number of hydrogen-bond acceptors (Lipinski definition) is 4. The fourth-order valence-electron chi connectivity index (χ4n) is 1.47. The van der Waals surface area contributed by atoms with Crippen LogP contribution in [0, 0.1) is 21.4 Å². The van der Waals surface area contributed by atoms with Crippen LogP contribution < -0.4 is 4.74 Å². The van der Waals surface area contributed by atoms with Crippen LogP contribution in [0.1, 0.15) is 5.56 Å². The molecule has 0 bridgehead atoms. The minimum atomic E-state index is -0.575. The van der Waals surface area contributed by atoms with Gasteiger partial charge in [-0.25, -0.2) is 0 Å². The number of hydrogen-bond donors (Lipinski definition) is 0. The second kappa shape index (κ2) is 5.50. The number of nitro groups is 1. The van der Waals surface area contributed by atoms with Gasteiger partial charge in [0, 0.05) is 10.5 Å². The van der Waals surface area contributed by atoms with Gasteiger partial charge < -0.3 is 4.74 Å². The van der Waals surface area contributed by atoms with Crippen LogP contribution in [-0.4, -0.2) is 4.92 Å². The fourth-order valence-corrected chi connectivity index (χ4v) is 1.85. The van der Waals surface area contributed by atoms with Gasteiger partial charge in [-0.3, -0.25) is 10.1 Å². The summed E-state index contributed by atoms with van der Waals surface area (Å²) < 4.78 is 6.28. The molecule has 0 spiro atoms. The van der Waals surface area contributed by atoms with Crippen LogP contribution in [0.2, 0.25) is 0 Å². The quantitative estimate of drug-likeness (QED) is 0.632. The molecular weight excluding hydrogens is 312 g/mol. The molecule has 0 aromatic heterocycles. The van der Waals surface area contributed by atoms with E-state index in [1.807, 2.05) is 12.1 Å². The van der Waals surface area contributed by atoms with E-state index in [2.05, 4.69) is 15.9 Å². The van der Waals surface area contributed by atoms with Crippen LogP contribution in [0.4, 0.5) is 5.69 Å². The minimum absolute atomic E-state index is 0.0992. The van der Waals surface area contributed by atoms with E-state index in [0.29, 0.717) is 5.75 Å². The molecule has 0 fully saturated rings. The first-order chi connectivity index (χ1) is 9.10. The van der Waals surface area contributed by atoms with Gasteiger partial charge in [-0.15, -0.1) is 0 Å². The number of ether oxygens (including phenoxy) is 1. The molecule has 0 amide bonds. The Balaban J connectivity index is 2.40. The zero-order valence-corrected chi connectivity index (χ0v) is 11.1. The van der Waals surface area contributed by atoms with Gasteiger partial charge in [-0.2, -0.15) is 5.26 Å². The first-order valence-electron chi connectivity index (χ1n) is 5.22. The van der Waals surface area contributed by atoms with Crippen molar-refractivity contribution in [2.75, 3.05) is 0 Å². The molecule has 0 atom stereocenters. The zero-order valence-electron chi connectivity index (χ0n) is 9.54. The zero-order chi connectivity index (χ0) is 13.8. The summed E-state index contributed by atoms with van der Waals surface area (Å²) in [6.07, 6.45) is 0. The van der Waals surface area contributed by atoms with Gasteiger partial charge >= 0.3 is 5.69 Å². The summed E-state index contributed by atoms with van der Waals surface area (Å²) in [7, 11) is 0. The average molecular weight is 319 g/mol. The highest BCUT2D eigenvalue weighted by Crippen LogP contribution is 2.32. The Labute approximate surface area is 117 Å². The van der Waals surface area contributed by atoms with Crippen molar-refractivity contribution in [3.63, 3.8) is 0 Å². The Kier molecular flexibility index (Phi) is 3.78. The lowest BCUT2D eigenvalue weighted by Crippen LogP contribution is -1.94. The maximum absolute atomic E-state index is 11.0. The molecule has 0 unspecified atom stereocenters. The molecule has 0 aliphatic rings. The summed E-state index contributed by atoms with van der Waals surface area (Å²) in [5.74, 6) is 0.573. The third kappa shape index (κ3) is 3.09. The van der Waals surface area contributed by atoms with E-state index in [9.17, 15) is 10.1 Å². The van der Waals surface area contributed by atoms with E-state index in [0.717, 1.165) is 4.47 Å². The first kappa shape index (κ1) is 13.1. The normalized spacial score (nSPS) is 9.68. The van der Waals surface area contributed by atoms with E-state index < -0.39 is 4.92 Å². The van der Waals surface area contributed by atoms with Crippen molar-refractivity contribution in [3.05, 3.63) is 62.6 Å². The molecule has 0 aliphatic heterocycles. The summed E-state index contributed by atoms with van der Waals surface area (Å²) in [5.41, 5.74) is -0.0210.